The van der Waals surface area contributed by atoms with E-state index in [0.717, 1.165) is 22.3 Å². The van der Waals surface area contributed by atoms with Crippen LogP contribution in [-0.2, 0) is 14.3 Å². The van der Waals surface area contributed by atoms with Crippen LogP contribution in [0.25, 0.3) is 11.1 Å². The standard InChI is InChI=1S/C26H30N2O6/c1-2-7-16(24(30)28-14-17(29)12-23(28)25(31)32)13-27-26(33)34-15-22-20-10-5-3-8-18(20)19-9-4-6-11-21(19)22/h3-6,8-11,16-17,22-23,29H,2,7,12-15H2,1H3,(H,27,33)(H,31,32)/t16?,17-,23-/m1/s1. The van der Waals surface area contributed by atoms with Gasteiger partial charge < -0.3 is 25.2 Å². The van der Waals surface area contributed by atoms with E-state index < -0.39 is 30.1 Å². The lowest BCUT2D eigenvalue weighted by atomic mass is 9.98. The summed E-state index contributed by atoms with van der Waals surface area (Å²) in [7, 11) is 0. The van der Waals surface area contributed by atoms with Crippen molar-refractivity contribution in [2.45, 2.75) is 44.2 Å². The summed E-state index contributed by atoms with van der Waals surface area (Å²) in [6, 6.07) is 15.1. The largest absolute Gasteiger partial charge is 0.480 e. The van der Waals surface area contributed by atoms with Gasteiger partial charge >= 0.3 is 12.1 Å². The molecule has 1 aliphatic carbocycles. The summed E-state index contributed by atoms with van der Waals surface area (Å²) in [6.07, 6.45) is -0.285. The molecule has 1 fully saturated rings. The van der Waals surface area contributed by atoms with Gasteiger partial charge in [0.15, 0.2) is 0 Å². The number of nitrogens with zero attached hydrogens (tertiary/aromatic N) is 1. The van der Waals surface area contributed by atoms with Crippen molar-refractivity contribution in [3.05, 3.63) is 59.7 Å². The van der Waals surface area contributed by atoms with Crippen LogP contribution in [0.5, 0.6) is 0 Å². The molecule has 0 saturated carbocycles. The Bertz CT molecular complexity index is 1030. The van der Waals surface area contributed by atoms with Gasteiger partial charge in [-0.05, 0) is 28.7 Å². The Balaban J connectivity index is 1.36. The van der Waals surface area contributed by atoms with E-state index >= 15 is 0 Å². The quantitative estimate of drug-likeness (QED) is 0.551. The van der Waals surface area contributed by atoms with Crippen LogP contribution in [0, 0.1) is 5.92 Å². The molecule has 0 spiro atoms. The van der Waals surface area contributed by atoms with E-state index in [-0.39, 0.29) is 37.9 Å². The Hall–Kier alpha value is -3.39. The number of carboxylic acid groups (broad SMARTS) is 1. The third kappa shape index (κ3) is 4.77. The topological polar surface area (TPSA) is 116 Å². The van der Waals surface area contributed by atoms with Crippen LogP contribution in [0.15, 0.2) is 48.5 Å². The first-order chi connectivity index (χ1) is 16.4. The Morgan fingerprint density at radius 1 is 1.09 bits per heavy atom. The molecule has 2 aromatic rings. The number of fused-ring (bicyclic) bond motifs is 3. The number of rotatable bonds is 8. The molecule has 0 bridgehead atoms. The maximum Gasteiger partial charge on any atom is 0.407 e. The number of aliphatic hydroxyl groups excluding tert-OH is 1. The zero-order valence-corrected chi connectivity index (χ0v) is 19.1. The number of carbonyl (C=O) groups excluding carboxylic acids is 2. The van der Waals surface area contributed by atoms with Gasteiger partial charge in [0.05, 0.1) is 12.0 Å². The van der Waals surface area contributed by atoms with Gasteiger partial charge in [0, 0.05) is 25.4 Å². The summed E-state index contributed by atoms with van der Waals surface area (Å²) in [5.41, 5.74) is 4.51. The first-order valence-corrected chi connectivity index (χ1v) is 11.7. The maximum atomic E-state index is 13.0. The van der Waals surface area contributed by atoms with Crippen molar-refractivity contribution in [1.29, 1.82) is 0 Å². The number of nitrogens with one attached hydrogen (secondary N) is 1. The molecular formula is C26H30N2O6. The van der Waals surface area contributed by atoms with Crippen LogP contribution in [0.3, 0.4) is 0 Å². The molecule has 180 valence electrons. The Labute approximate surface area is 198 Å². The van der Waals surface area contributed by atoms with Gasteiger partial charge in [0.1, 0.15) is 12.6 Å². The number of alkyl carbamates (subject to hydrolysis) is 1. The zero-order chi connectivity index (χ0) is 24.2. The van der Waals surface area contributed by atoms with Crippen LogP contribution in [0.1, 0.15) is 43.2 Å². The average Bonchev–Trinajstić information content (AvgIpc) is 3.38. The van der Waals surface area contributed by atoms with Gasteiger partial charge in [0.2, 0.25) is 5.91 Å². The molecule has 0 radical (unpaired) electrons. The number of β-amino-alcohol motifs (C(OH)–C–C–N with tert-alkyl or cyclic N) is 1. The molecule has 3 N–H and O–H groups in total. The minimum absolute atomic E-state index is 0.0129. The summed E-state index contributed by atoms with van der Waals surface area (Å²) < 4.78 is 5.54. The number of amides is 2. The molecule has 1 unspecified atom stereocenters. The van der Waals surface area contributed by atoms with Crippen molar-refractivity contribution in [1.82, 2.24) is 10.2 Å². The molecule has 0 aromatic heterocycles. The van der Waals surface area contributed by atoms with Crippen molar-refractivity contribution in [2.24, 2.45) is 5.92 Å². The van der Waals surface area contributed by atoms with E-state index in [2.05, 4.69) is 17.4 Å². The summed E-state index contributed by atoms with van der Waals surface area (Å²) >= 11 is 0. The third-order valence-corrected chi connectivity index (χ3v) is 6.67. The van der Waals surface area contributed by atoms with E-state index in [1.165, 1.54) is 4.90 Å². The van der Waals surface area contributed by atoms with Gasteiger partial charge in [-0.25, -0.2) is 9.59 Å². The number of ether oxygens (including phenoxy) is 1. The van der Waals surface area contributed by atoms with Gasteiger partial charge in [0.25, 0.3) is 0 Å². The van der Waals surface area contributed by atoms with E-state index in [4.69, 9.17) is 4.74 Å². The second-order valence-corrected chi connectivity index (χ2v) is 8.93. The minimum atomic E-state index is -1.13. The Kier molecular flexibility index (Phi) is 7.17. The van der Waals surface area contributed by atoms with Gasteiger partial charge in [-0.2, -0.15) is 0 Å². The first-order valence-electron chi connectivity index (χ1n) is 11.7. The smallest absolute Gasteiger partial charge is 0.407 e. The fourth-order valence-corrected chi connectivity index (χ4v) is 5.04. The molecular weight excluding hydrogens is 436 g/mol. The number of aliphatic carboxylic acids is 1. The highest BCUT2D eigenvalue weighted by atomic mass is 16.5. The van der Waals surface area contributed by atoms with E-state index in [9.17, 15) is 24.6 Å². The lowest BCUT2D eigenvalue weighted by Crippen LogP contribution is -2.46. The molecule has 2 amide bonds. The van der Waals surface area contributed by atoms with Crippen molar-refractivity contribution in [3.8, 4) is 11.1 Å². The fraction of sp³-hybridized carbons (Fsp3) is 0.423. The number of carboxylic acids is 1. The highest BCUT2D eigenvalue weighted by molar-refractivity contribution is 5.86. The second-order valence-electron chi connectivity index (χ2n) is 8.93. The van der Waals surface area contributed by atoms with Crippen molar-refractivity contribution in [2.75, 3.05) is 19.7 Å². The number of benzene rings is 2. The van der Waals surface area contributed by atoms with Crippen LogP contribution >= 0.6 is 0 Å². The van der Waals surface area contributed by atoms with E-state index in [1.54, 1.807) is 0 Å². The third-order valence-electron chi connectivity index (χ3n) is 6.67. The average molecular weight is 467 g/mol. The minimum Gasteiger partial charge on any atom is -0.480 e. The van der Waals surface area contributed by atoms with E-state index in [0.29, 0.717) is 12.8 Å². The number of hydrogen-bond donors (Lipinski definition) is 3. The van der Waals surface area contributed by atoms with Gasteiger partial charge in [-0.1, -0.05) is 61.9 Å². The predicted molar refractivity (Wildman–Crippen MR) is 125 cm³/mol. The normalized spacial score (nSPS) is 19.9. The van der Waals surface area contributed by atoms with Gasteiger partial charge in [-0.3, -0.25) is 4.79 Å². The SMILES string of the molecule is CCCC(CNC(=O)OCC1c2ccccc2-c2ccccc21)C(=O)N1C[C@H](O)C[C@@H]1C(=O)O. The summed E-state index contributed by atoms with van der Waals surface area (Å²) in [5, 5.41) is 21.9. The van der Waals surface area contributed by atoms with E-state index in [1.807, 2.05) is 43.3 Å². The number of hydrogen-bond acceptors (Lipinski definition) is 5. The van der Waals surface area contributed by atoms with Crippen molar-refractivity contribution in [3.63, 3.8) is 0 Å². The molecule has 2 aliphatic rings. The predicted octanol–water partition coefficient (Wildman–Crippen LogP) is 2.99. The lowest BCUT2D eigenvalue weighted by Gasteiger charge is -2.26. The number of aliphatic hydroxyl groups is 1. The molecule has 1 saturated heterocycles. The summed E-state index contributed by atoms with van der Waals surface area (Å²) in [5.74, 6) is -2.15. The number of likely N-dealkylation sites (tertiary alicyclic amines) is 1. The zero-order valence-electron chi connectivity index (χ0n) is 19.1. The van der Waals surface area contributed by atoms with Crippen LogP contribution in [-0.4, -0.2) is 64.9 Å². The maximum absolute atomic E-state index is 13.0. The number of carbonyl (C=O) groups is 3. The summed E-state index contributed by atoms with van der Waals surface area (Å²) in [6.45, 7) is 2.12. The molecule has 1 heterocycles. The van der Waals surface area contributed by atoms with Crippen LogP contribution in [0.4, 0.5) is 4.79 Å². The Morgan fingerprint density at radius 2 is 1.71 bits per heavy atom. The second kappa shape index (κ2) is 10.3. The molecule has 3 atom stereocenters. The van der Waals surface area contributed by atoms with Crippen molar-refractivity contribution >= 4 is 18.0 Å². The molecule has 4 rings (SSSR count). The first kappa shape index (κ1) is 23.8. The van der Waals surface area contributed by atoms with Crippen LogP contribution < -0.4 is 5.32 Å². The van der Waals surface area contributed by atoms with Crippen molar-refractivity contribution < 1.29 is 29.3 Å². The fourth-order valence-electron chi connectivity index (χ4n) is 5.04. The van der Waals surface area contributed by atoms with Gasteiger partial charge in [-0.15, -0.1) is 0 Å². The highest BCUT2D eigenvalue weighted by Crippen LogP contribution is 2.44. The summed E-state index contributed by atoms with van der Waals surface area (Å²) in [4.78, 5) is 38.2. The molecule has 8 nitrogen and oxygen atoms in total. The Morgan fingerprint density at radius 3 is 2.29 bits per heavy atom. The lowest BCUT2D eigenvalue weighted by molar-refractivity contribution is -0.150. The molecule has 8 heteroatoms. The monoisotopic (exact) mass is 466 g/mol. The van der Waals surface area contributed by atoms with Crippen LogP contribution in [0.2, 0.25) is 0 Å². The molecule has 2 aromatic carbocycles. The molecule has 1 aliphatic heterocycles. The molecule has 34 heavy (non-hydrogen) atoms. The highest BCUT2D eigenvalue weighted by Gasteiger charge is 2.41.